The van der Waals surface area contributed by atoms with Gasteiger partial charge in [-0.05, 0) is 41.5 Å². The van der Waals surface area contributed by atoms with Gasteiger partial charge in [-0.3, -0.25) is 4.98 Å². The minimum absolute atomic E-state index is 0.177. The van der Waals surface area contributed by atoms with Crippen molar-refractivity contribution in [2.24, 2.45) is 0 Å². The number of nitrogens with one attached hydrogen (secondary N) is 1. The zero-order chi connectivity index (χ0) is 17.9. The molecule has 0 amide bonds. The monoisotopic (exact) mass is 340 g/mol. The maximum atomic E-state index is 10.7. The lowest BCUT2D eigenvalue weighted by atomic mass is 9.92. The number of rotatable bonds is 4. The summed E-state index contributed by atoms with van der Waals surface area (Å²) in [5.74, 6) is 0.288. The molecule has 2 N–H and O–H groups in total. The Labute approximate surface area is 153 Å². The summed E-state index contributed by atoms with van der Waals surface area (Å²) in [7, 11) is 0. The van der Waals surface area contributed by atoms with Crippen LogP contribution in [0.1, 0.15) is 22.7 Å². The Morgan fingerprint density at radius 1 is 0.846 bits per heavy atom. The lowest BCUT2D eigenvalue weighted by Gasteiger charge is -2.23. The van der Waals surface area contributed by atoms with Crippen LogP contribution in [-0.4, -0.2) is 10.1 Å². The van der Waals surface area contributed by atoms with E-state index in [0.29, 0.717) is 0 Å². The van der Waals surface area contributed by atoms with Crippen LogP contribution in [-0.2, 0) is 0 Å². The average Bonchev–Trinajstić information content (AvgIpc) is 2.68. The van der Waals surface area contributed by atoms with Gasteiger partial charge in [0.05, 0.1) is 6.04 Å². The van der Waals surface area contributed by atoms with E-state index in [1.807, 2.05) is 30.3 Å². The number of benzene rings is 3. The predicted molar refractivity (Wildman–Crippen MR) is 106 cm³/mol. The van der Waals surface area contributed by atoms with E-state index in [-0.39, 0.29) is 11.8 Å². The van der Waals surface area contributed by atoms with Crippen LogP contribution in [0, 0.1) is 6.92 Å². The van der Waals surface area contributed by atoms with Crippen molar-refractivity contribution < 1.29 is 5.11 Å². The first-order valence-electron chi connectivity index (χ1n) is 8.66. The van der Waals surface area contributed by atoms with Crippen molar-refractivity contribution in [3.63, 3.8) is 0 Å². The van der Waals surface area contributed by atoms with E-state index in [9.17, 15) is 5.11 Å². The number of hydrogen-bond acceptors (Lipinski definition) is 3. The minimum atomic E-state index is -0.177. The van der Waals surface area contributed by atoms with Gasteiger partial charge in [-0.15, -0.1) is 0 Å². The molecule has 0 aliphatic heterocycles. The largest absolute Gasteiger partial charge is 0.508 e. The van der Waals surface area contributed by atoms with E-state index in [0.717, 1.165) is 27.6 Å². The molecule has 0 aliphatic carbocycles. The standard InChI is InChI=1S/C23H20N2O/c1-16-6-8-18(9-7-16)23(25-19-12-14-24-15-13-19)22-20-5-3-2-4-17(20)10-11-21(22)26/h2-15,23,26H,1H3,(H,24,25). The van der Waals surface area contributed by atoms with Crippen molar-refractivity contribution in [3.05, 3.63) is 102 Å². The highest BCUT2D eigenvalue weighted by atomic mass is 16.3. The number of phenolic OH excluding ortho intramolecular Hbond substituents is 1. The molecule has 3 nitrogen and oxygen atoms in total. The van der Waals surface area contributed by atoms with Crippen LogP contribution in [0.25, 0.3) is 10.8 Å². The van der Waals surface area contributed by atoms with Crippen molar-refractivity contribution in [3.8, 4) is 5.75 Å². The molecule has 0 radical (unpaired) electrons. The molecule has 0 saturated heterocycles. The second-order valence-corrected chi connectivity index (χ2v) is 6.44. The molecule has 0 spiro atoms. The number of aromatic nitrogens is 1. The van der Waals surface area contributed by atoms with E-state index in [2.05, 4.69) is 53.6 Å². The van der Waals surface area contributed by atoms with Crippen molar-refractivity contribution in [1.82, 2.24) is 4.98 Å². The molecule has 0 bridgehead atoms. The fraction of sp³-hybridized carbons (Fsp3) is 0.0870. The lowest BCUT2D eigenvalue weighted by Crippen LogP contribution is -2.13. The van der Waals surface area contributed by atoms with Crippen LogP contribution in [0.3, 0.4) is 0 Å². The van der Waals surface area contributed by atoms with Crippen LogP contribution in [0.5, 0.6) is 5.75 Å². The van der Waals surface area contributed by atoms with E-state index < -0.39 is 0 Å². The Kier molecular flexibility index (Phi) is 4.28. The van der Waals surface area contributed by atoms with Gasteiger partial charge in [-0.1, -0.05) is 60.2 Å². The van der Waals surface area contributed by atoms with Crippen LogP contribution in [0.4, 0.5) is 5.69 Å². The molecule has 26 heavy (non-hydrogen) atoms. The van der Waals surface area contributed by atoms with Crippen molar-refractivity contribution in [2.75, 3.05) is 5.32 Å². The van der Waals surface area contributed by atoms with Crippen molar-refractivity contribution >= 4 is 16.5 Å². The van der Waals surface area contributed by atoms with Crippen LogP contribution < -0.4 is 5.32 Å². The average molecular weight is 340 g/mol. The van der Waals surface area contributed by atoms with E-state index in [1.54, 1.807) is 18.5 Å². The quantitative estimate of drug-likeness (QED) is 0.519. The molecule has 3 heteroatoms. The summed E-state index contributed by atoms with van der Waals surface area (Å²) < 4.78 is 0. The Balaban J connectivity index is 1.91. The third-order valence-electron chi connectivity index (χ3n) is 4.64. The Hall–Kier alpha value is -3.33. The van der Waals surface area contributed by atoms with Gasteiger partial charge < -0.3 is 10.4 Å². The number of aromatic hydroxyl groups is 1. The number of hydrogen-bond donors (Lipinski definition) is 2. The fourth-order valence-corrected chi connectivity index (χ4v) is 3.28. The topological polar surface area (TPSA) is 45.2 Å². The van der Waals surface area contributed by atoms with E-state index in [1.165, 1.54) is 5.56 Å². The molecule has 4 rings (SSSR count). The maximum absolute atomic E-state index is 10.7. The van der Waals surface area contributed by atoms with Crippen LogP contribution in [0.2, 0.25) is 0 Å². The summed E-state index contributed by atoms with van der Waals surface area (Å²) >= 11 is 0. The molecule has 128 valence electrons. The third-order valence-corrected chi connectivity index (χ3v) is 4.64. The first-order valence-corrected chi connectivity index (χ1v) is 8.66. The van der Waals surface area contributed by atoms with Gasteiger partial charge in [0.15, 0.2) is 0 Å². The normalized spacial score (nSPS) is 12.0. The van der Waals surface area contributed by atoms with Gasteiger partial charge in [0, 0.05) is 23.6 Å². The molecular formula is C23H20N2O. The second-order valence-electron chi connectivity index (χ2n) is 6.44. The molecule has 0 fully saturated rings. The predicted octanol–water partition coefficient (Wildman–Crippen LogP) is 5.45. The Morgan fingerprint density at radius 2 is 1.58 bits per heavy atom. The maximum Gasteiger partial charge on any atom is 0.121 e. The number of nitrogens with zero attached hydrogens (tertiary/aromatic N) is 1. The van der Waals surface area contributed by atoms with E-state index in [4.69, 9.17) is 0 Å². The summed E-state index contributed by atoms with van der Waals surface area (Å²) in [6.45, 7) is 2.07. The van der Waals surface area contributed by atoms with E-state index >= 15 is 0 Å². The Morgan fingerprint density at radius 3 is 2.35 bits per heavy atom. The number of aryl methyl sites for hydroxylation is 1. The number of pyridine rings is 1. The molecule has 0 saturated carbocycles. The molecule has 1 aromatic heterocycles. The highest BCUT2D eigenvalue weighted by Gasteiger charge is 2.20. The molecule has 3 aromatic carbocycles. The number of anilines is 1. The van der Waals surface area contributed by atoms with Gasteiger partial charge in [-0.25, -0.2) is 0 Å². The summed E-state index contributed by atoms with van der Waals surface area (Å²) in [5, 5.41) is 16.4. The van der Waals surface area contributed by atoms with Gasteiger partial charge in [-0.2, -0.15) is 0 Å². The molecule has 1 heterocycles. The lowest BCUT2D eigenvalue weighted by molar-refractivity contribution is 0.468. The minimum Gasteiger partial charge on any atom is -0.508 e. The van der Waals surface area contributed by atoms with Gasteiger partial charge in [0.1, 0.15) is 5.75 Å². The number of phenols is 1. The molecular weight excluding hydrogens is 320 g/mol. The summed E-state index contributed by atoms with van der Waals surface area (Å²) in [6.07, 6.45) is 3.52. The zero-order valence-electron chi connectivity index (χ0n) is 14.6. The zero-order valence-corrected chi connectivity index (χ0v) is 14.6. The molecule has 4 aromatic rings. The smallest absolute Gasteiger partial charge is 0.121 e. The summed E-state index contributed by atoms with van der Waals surface area (Å²) in [5.41, 5.74) is 4.14. The second kappa shape index (κ2) is 6.89. The van der Waals surface area contributed by atoms with Gasteiger partial charge >= 0.3 is 0 Å². The highest BCUT2D eigenvalue weighted by Crippen LogP contribution is 2.37. The highest BCUT2D eigenvalue weighted by molar-refractivity contribution is 5.89. The summed E-state index contributed by atoms with van der Waals surface area (Å²) in [6, 6.07) is 24.0. The van der Waals surface area contributed by atoms with Gasteiger partial charge in [0.2, 0.25) is 0 Å². The third kappa shape index (κ3) is 3.11. The summed E-state index contributed by atoms with van der Waals surface area (Å²) in [4.78, 5) is 4.09. The first kappa shape index (κ1) is 16.2. The van der Waals surface area contributed by atoms with Crippen molar-refractivity contribution in [2.45, 2.75) is 13.0 Å². The number of fused-ring (bicyclic) bond motifs is 1. The first-order chi connectivity index (χ1) is 12.7. The van der Waals surface area contributed by atoms with Crippen molar-refractivity contribution in [1.29, 1.82) is 0 Å². The van der Waals surface area contributed by atoms with Crippen LogP contribution >= 0.6 is 0 Å². The molecule has 1 unspecified atom stereocenters. The fourth-order valence-electron chi connectivity index (χ4n) is 3.28. The SMILES string of the molecule is Cc1ccc(C(Nc2ccncc2)c2c(O)ccc3ccccc23)cc1. The molecule has 0 aliphatic rings. The molecule has 1 atom stereocenters. The Bertz CT molecular complexity index is 1030. The van der Waals surface area contributed by atoms with Gasteiger partial charge in [0.25, 0.3) is 0 Å². The van der Waals surface area contributed by atoms with Crippen LogP contribution in [0.15, 0.2) is 85.2 Å².